The Hall–Kier alpha value is -1.77. The quantitative estimate of drug-likeness (QED) is 0.849. The predicted octanol–water partition coefficient (Wildman–Crippen LogP) is 2.46. The molecule has 0 bridgehead atoms. The van der Waals surface area contributed by atoms with Crippen molar-refractivity contribution < 1.29 is 4.79 Å². The average molecular weight is 349 g/mol. The van der Waals surface area contributed by atoms with Gasteiger partial charge in [-0.2, -0.15) is 5.26 Å². The van der Waals surface area contributed by atoms with Crippen LogP contribution in [0, 0.1) is 17.2 Å². The van der Waals surface area contributed by atoms with E-state index in [0.717, 1.165) is 25.9 Å². The number of hydrogen-bond donors (Lipinski definition) is 1. The number of hydrogen-bond acceptors (Lipinski definition) is 3. The zero-order valence-corrected chi connectivity index (χ0v) is 14.7. The number of nitriles is 1. The highest BCUT2D eigenvalue weighted by Gasteiger charge is 2.29. The summed E-state index contributed by atoms with van der Waals surface area (Å²) in [6.07, 6.45) is 9.49. The van der Waals surface area contributed by atoms with Crippen LogP contribution in [0.3, 0.4) is 0 Å². The standard InChI is InChI=1S/C18H24N4O.ClH/c19-12-16-6-3-9-21(16)11-8-17(20)18(23)22-10-7-14-4-1-2-5-15(14)13-22;/h3,5-6,9,14,17H,1-2,4,7-8,10-11,13,20H2;1H. The summed E-state index contributed by atoms with van der Waals surface area (Å²) in [5.41, 5.74) is 8.16. The molecule has 1 aromatic rings. The Kier molecular flexibility index (Phi) is 6.47. The van der Waals surface area contributed by atoms with Gasteiger partial charge < -0.3 is 15.2 Å². The minimum Gasteiger partial charge on any atom is -0.339 e. The van der Waals surface area contributed by atoms with Crippen molar-refractivity contribution in [3.05, 3.63) is 35.7 Å². The maximum atomic E-state index is 12.6. The second-order valence-electron chi connectivity index (χ2n) is 6.55. The summed E-state index contributed by atoms with van der Waals surface area (Å²) in [6.45, 7) is 2.17. The number of allylic oxidation sites excluding steroid dienone is 1. The SMILES string of the molecule is Cl.N#Cc1cccn1CCC(N)C(=O)N1CCC2CCCC=C2C1. The first-order valence-corrected chi connectivity index (χ1v) is 8.47. The Balaban J connectivity index is 0.00000208. The number of fused-ring (bicyclic) bond motifs is 1. The molecule has 1 fully saturated rings. The molecule has 5 nitrogen and oxygen atoms in total. The Morgan fingerprint density at radius 2 is 2.29 bits per heavy atom. The molecule has 2 atom stereocenters. The van der Waals surface area contributed by atoms with Gasteiger partial charge in [0.15, 0.2) is 0 Å². The molecule has 1 aliphatic heterocycles. The number of nitrogens with zero attached hydrogens (tertiary/aromatic N) is 3. The molecule has 2 N–H and O–H groups in total. The zero-order chi connectivity index (χ0) is 16.2. The molecule has 0 spiro atoms. The van der Waals surface area contributed by atoms with Gasteiger partial charge in [0.05, 0.1) is 6.04 Å². The third-order valence-corrected chi connectivity index (χ3v) is 5.06. The first-order valence-electron chi connectivity index (χ1n) is 8.47. The molecule has 2 aliphatic rings. The van der Waals surface area contributed by atoms with Gasteiger partial charge in [-0.3, -0.25) is 4.79 Å². The number of rotatable bonds is 4. The van der Waals surface area contributed by atoms with Crippen molar-refractivity contribution in [1.82, 2.24) is 9.47 Å². The van der Waals surface area contributed by atoms with Gasteiger partial charge in [-0.05, 0) is 50.2 Å². The van der Waals surface area contributed by atoms with Crippen molar-refractivity contribution in [3.63, 3.8) is 0 Å². The van der Waals surface area contributed by atoms with Crippen molar-refractivity contribution in [2.45, 2.75) is 44.7 Å². The third-order valence-electron chi connectivity index (χ3n) is 5.06. The highest BCUT2D eigenvalue weighted by atomic mass is 35.5. The second kappa shape index (κ2) is 8.36. The highest BCUT2D eigenvalue weighted by molar-refractivity contribution is 5.85. The van der Waals surface area contributed by atoms with Crippen LogP contribution in [0.1, 0.15) is 37.8 Å². The number of halogens is 1. The van der Waals surface area contributed by atoms with Crippen molar-refractivity contribution in [1.29, 1.82) is 5.26 Å². The zero-order valence-electron chi connectivity index (χ0n) is 13.9. The molecule has 6 heteroatoms. The van der Waals surface area contributed by atoms with Crippen molar-refractivity contribution in [3.8, 4) is 6.07 Å². The summed E-state index contributed by atoms with van der Waals surface area (Å²) >= 11 is 0. The van der Waals surface area contributed by atoms with E-state index in [-0.39, 0.29) is 18.3 Å². The summed E-state index contributed by atoms with van der Waals surface area (Å²) in [4.78, 5) is 14.5. The Morgan fingerprint density at radius 3 is 3.08 bits per heavy atom. The summed E-state index contributed by atoms with van der Waals surface area (Å²) in [7, 11) is 0. The molecule has 130 valence electrons. The first kappa shape index (κ1) is 18.6. The topological polar surface area (TPSA) is 75.0 Å². The molecular formula is C18H25ClN4O. The minimum absolute atomic E-state index is 0. The van der Waals surface area contributed by atoms with Gasteiger partial charge in [0.1, 0.15) is 11.8 Å². The summed E-state index contributed by atoms with van der Waals surface area (Å²) < 4.78 is 1.85. The van der Waals surface area contributed by atoms with Gasteiger partial charge in [-0.1, -0.05) is 11.6 Å². The fourth-order valence-corrected chi connectivity index (χ4v) is 3.67. The van der Waals surface area contributed by atoms with Crippen molar-refractivity contribution in [2.24, 2.45) is 11.7 Å². The molecule has 1 amide bonds. The van der Waals surface area contributed by atoms with E-state index >= 15 is 0 Å². The minimum atomic E-state index is -0.496. The number of aryl methyl sites for hydroxylation is 1. The van der Waals surface area contributed by atoms with Crippen LogP contribution >= 0.6 is 12.4 Å². The number of carbonyl (C=O) groups is 1. The lowest BCUT2D eigenvalue weighted by Gasteiger charge is -2.37. The summed E-state index contributed by atoms with van der Waals surface area (Å²) in [5.74, 6) is 0.725. The lowest BCUT2D eigenvalue weighted by molar-refractivity contribution is -0.133. The van der Waals surface area contributed by atoms with Crippen LogP contribution in [0.25, 0.3) is 0 Å². The summed E-state index contributed by atoms with van der Waals surface area (Å²) in [6, 6.07) is 5.26. The molecule has 1 aromatic heterocycles. The first-order chi connectivity index (χ1) is 11.2. The number of aromatic nitrogens is 1. The number of carbonyl (C=O) groups excluding carboxylic acids is 1. The van der Waals surface area contributed by atoms with Gasteiger partial charge in [-0.25, -0.2) is 0 Å². The van der Waals surface area contributed by atoms with Crippen LogP contribution in [-0.4, -0.2) is 34.5 Å². The van der Waals surface area contributed by atoms with E-state index in [4.69, 9.17) is 11.0 Å². The highest BCUT2D eigenvalue weighted by Crippen LogP contribution is 2.32. The van der Waals surface area contributed by atoms with E-state index in [1.165, 1.54) is 18.4 Å². The number of piperidine rings is 1. The molecule has 3 rings (SSSR count). The normalized spacial score (nSPS) is 21.1. The molecule has 1 aliphatic carbocycles. The lowest BCUT2D eigenvalue weighted by atomic mass is 9.82. The molecule has 2 heterocycles. The third kappa shape index (κ3) is 4.00. The lowest BCUT2D eigenvalue weighted by Crippen LogP contribution is -2.48. The Bertz CT molecular complexity index is 646. The maximum Gasteiger partial charge on any atom is 0.239 e. The van der Waals surface area contributed by atoms with E-state index in [9.17, 15) is 4.79 Å². The van der Waals surface area contributed by atoms with E-state index in [2.05, 4.69) is 12.1 Å². The van der Waals surface area contributed by atoms with Crippen LogP contribution < -0.4 is 5.73 Å². The molecule has 0 radical (unpaired) electrons. The van der Waals surface area contributed by atoms with E-state index < -0.39 is 6.04 Å². The van der Waals surface area contributed by atoms with Crippen LogP contribution in [-0.2, 0) is 11.3 Å². The van der Waals surface area contributed by atoms with Crippen LogP contribution in [0.2, 0.25) is 0 Å². The van der Waals surface area contributed by atoms with Gasteiger partial charge in [0, 0.05) is 25.8 Å². The largest absolute Gasteiger partial charge is 0.339 e. The van der Waals surface area contributed by atoms with Gasteiger partial charge >= 0.3 is 0 Å². The van der Waals surface area contributed by atoms with E-state index in [0.29, 0.717) is 24.6 Å². The molecular weight excluding hydrogens is 324 g/mol. The van der Waals surface area contributed by atoms with E-state index in [1.807, 2.05) is 21.7 Å². The van der Waals surface area contributed by atoms with Crippen LogP contribution in [0.15, 0.2) is 30.0 Å². The number of amides is 1. The fourth-order valence-electron chi connectivity index (χ4n) is 3.67. The van der Waals surface area contributed by atoms with Crippen LogP contribution in [0.4, 0.5) is 0 Å². The van der Waals surface area contributed by atoms with Gasteiger partial charge in [-0.15, -0.1) is 12.4 Å². The van der Waals surface area contributed by atoms with Crippen LogP contribution in [0.5, 0.6) is 0 Å². The molecule has 2 unspecified atom stereocenters. The monoisotopic (exact) mass is 348 g/mol. The molecule has 1 saturated heterocycles. The van der Waals surface area contributed by atoms with E-state index in [1.54, 1.807) is 6.07 Å². The summed E-state index contributed by atoms with van der Waals surface area (Å²) in [5, 5.41) is 9.01. The second-order valence-corrected chi connectivity index (χ2v) is 6.55. The average Bonchev–Trinajstić information content (AvgIpc) is 3.06. The number of nitrogens with two attached hydrogens (primary N) is 1. The molecule has 0 saturated carbocycles. The van der Waals surface area contributed by atoms with Crippen molar-refractivity contribution in [2.75, 3.05) is 13.1 Å². The fraction of sp³-hybridized carbons (Fsp3) is 0.556. The van der Waals surface area contributed by atoms with Gasteiger partial charge in [0.2, 0.25) is 5.91 Å². The maximum absolute atomic E-state index is 12.6. The smallest absolute Gasteiger partial charge is 0.239 e. The molecule has 24 heavy (non-hydrogen) atoms. The van der Waals surface area contributed by atoms with Crippen molar-refractivity contribution >= 4 is 18.3 Å². The molecule has 0 aromatic carbocycles. The van der Waals surface area contributed by atoms with Gasteiger partial charge in [0.25, 0.3) is 0 Å². The Labute approximate surface area is 149 Å². The Morgan fingerprint density at radius 1 is 1.46 bits per heavy atom. The predicted molar refractivity (Wildman–Crippen MR) is 95.6 cm³/mol. The number of likely N-dealkylation sites (tertiary alicyclic amines) is 1.